The van der Waals surface area contributed by atoms with E-state index >= 15 is 0 Å². The summed E-state index contributed by atoms with van der Waals surface area (Å²) in [6, 6.07) is 0. The van der Waals surface area contributed by atoms with Gasteiger partial charge in [0.15, 0.2) is 0 Å². The predicted octanol–water partition coefficient (Wildman–Crippen LogP) is -0.610. The van der Waals surface area contributed by atoms with Gasteiger partial charge in [-0.2, -0.15) is 0 Å². The van der Waals surface area contributed by atoms with Gasteiger partial charge in [-0.25, -0.2) is 0 Å². The monoisotopic (exact) mass is 109 g/mol. The Bertz CT molecular complexity index is 53.7. The SMILES string of the molecule is CCO[N+](=O)[O-].O. The van der Waals surface area contributed by atoms with Crippen molar-refractivity contribution in [1.82, 2.24) is 0 Å². The summed E-state index contributed by atoms with van der Waals surface area (Å²) in [5.41, 5.74) is 0. The smallest absolute Gasteiger partial charge is 0.294 e. The van der Waals surface area contributed by atoms with E-state index in [1.807, 2.05) is 0 Å². The Labute approximate surface area is 40.3 Å². The van der Waals surface area contributed by atoms with E-state index in [1.54, 1.807) is 6.92 Å². The Morgan fingerprint density at radius 1 is 1.86 bits per heavy atom. The minimum Gasteiger partial charge on any atom is -0.412 e. The molecule has 0 fully saturated rings. The molecule has 0 unspecified atom stereocenters. The minimum atomic E-state index is -0.819. The molecular weight excluding hydrogens is 102 g/mol. The molecule has 0 aromatic heterocycles. The third kappa shape index (κ3) is 11.0. The van der Waals surface area contributed by atoms with Crippen LogP contribution in [0, 0.1) is 10.1 Å². The highest BCUT2D eigenvalue weighted by atomic mass is 16.9. The van der Waals surface area contributed by atoms with Crippen LogP contribution in [0.5, 0.6) is 0 Å². The Hall–Kier alpha value is -0.840. The van der Waals surface area contributed by atoms with Crippen molar-refractivity contribution in [3.05, 3.63) is 10.1 Å². The zero-order valence-corrected chi connectivity index (χ0v) is 3.88. The van der Waals surface area contributed by atoms with Crippen molar-refractivity contribution in [2.24, 2.45) is 0 Å². The normalized spacial score (nSPS) is 6.43. The van der Waals surface area contributed by atoms with Gasteiger partial charge in [-0.1, -0.05) is 0 Å². The lowest BCUT2D eigenvalue weighted by molar-refractivity contribution is -0.756. The van der Waals surface area contributed by atoms with Crippen molar-refractivity contribution in [3.8, 4) is 0 Å². The molecule has 0 bridgehead atoms. The van der Waals surface area contributed by atoms with Crippen molar-refractivity contribution in [2.75, 3.05) is 6.61 Å². The number of rotatable bonds is 2. The summed E-state index contributed by atoms with van der Waals surface area (Å²) in [4.78, 5) is 12.9. The molecule has 0 aromatic carbocycles. The average Bonchev–Trinajstić information content (AvgIpc) is 1.35. The maximum absolute atomic E-state index is 9.18. The van der Waals surface area contributed by atoms with Gasteiger partial charge in [0.05, 0.1) is 6.61 Å². The Kier molecular flexibility index (Phi) is 6.99. The van der Waals surface area contributed by atoms with Crippen LogP contribution in [-0.2, 0) is 4.84 Å². The van der Waals surface area contributed by atoms with E-state index in [0.717, 1.165) is 0 Å². The van der Waals surface area contributed by atoms with Crippen molar-refractivity contribution in [1.29, 1.82) is 0 Å². The first-order chi connectivity index (χ1) is 2.77. The molecule has 0 spiro atoms. The summed E-state index contributed by atoms with van der Waals surface area (Å²) in [5, 5.41) is 8.36. The van der Waals surface area contributed by atoms with E-state index in [9.17, 15) is 10.1 Å². The maximum Gasteiger partial charge on any atom is 0.294 e. The van der Waals surface area contributed by atoms with Crippen molar-refractivity contribution >= 4 is 0 Å². The van der Waals surface area contributed by atoms with Crippen LogP contribution in [0.2, 0.25) is 0 Å². The van der Waals surface area contributed by atoms with Gasteiger partial charge >= 0.3 is 0 Å². The second-order valence-electron chi connectivity index (χ2n) is 0.641. The molecule has 5 nitrogen and oxygen atoms in total. The van der Waals surface area contributed by atoms with E-state index in [-0.39, 0.29) is 12.1 Å². The molecule has 0 aliphatic rings. The minimum absolute atomic E-state index is 0. The molecule has 5 heteroatoms. The molecule has 0 atom stereocenters. The fourth-order valence-corrected chi connectivity index (χ4v) is 0.105. The van der Waals surface area contributed by atoms with Crippen molar-refractivity contribution in [2.45, 2.75) is 6.92 Å². The molecule has 0 rings (SSSR count). The second kappa shape index (κ2) is 5.16. The fourth-order valence-electron chi connectivity index (χ4n) is 0.105. The van der Waals surface area contributed by atoms with Gasteiger partial charge in [0.2, 0.25) is 0 Å². The zero-order chi connectivity index (χ0) is 4.99. The first-order valence-corrected chi connectivity index (χ1v) is 1.54. The van der Waals surface area contributed by atoms with Gasteiger partial charge in [-0.05, 0) is 6.92 Å². The standard InChI is InChI=1S/C2H5NO3.H2O/c1-2-6-3(4)5;/h2H2,1H3;1H2. The van der Waals surface area contributed by atoms with E-state index < -0.39 is 5.09 Å². The van der Waals surface area contributed by atoms with E-state index in [0.29, 0.717) is 0 Å². The highest BCUT2D eigenvalue weighted by Crippen LogP contribution is 1.67. The molecule has 2 N–H and O–H groups in total. The van der Waals surface area contributed by atoms with Crippen LogP contribution in [0.15, 0.2) is 0 Å². The van der Waals surface area contributed by atoms with Crippen LogP contribution < -0.4 is 0 Å². The fraction of sp³-hybridized carbons (Fsp3) is 1.00. The molecular formula is C2H7NO4. The molecule has 0 saturated carbocycles. The molecule has 0 aromatic rings. The summed E-state index contributed by atoms with van der Waals surface area (Å²) < 4.78 is 0. The predicted molar refractivity (Wildman–Crippen MR) is 22.2 cm³/mol. The van der Waals surface area contributed by atoms with Crippen LogP contribution in [0.1, 0.15) is 6.92 Å². The van der Waals surface area contributed by atoms with Gasteiger partial charge < -0.3 is 10.3 Å². The number of hydrogen-bond donors (Lipinski definition) is 0. The van der Waals surface area contributed by atoms with Gasteiger partial charge in [0.25, 0.3) is 5.09 Å². The third-order valence-electron chi connectivity index (χ3n) is 0.235. The average molecular weight is 109 g/mol. The Balaban J connectivity index is 0. The van der Waals surface area contributed by atoms with Crippen LogP contribution in [0.4, 0.5) is 0 Å². The van der Waals surface area contributed by atoms with E-state index in [2.05, 4.69) is 4.84 Å². The second-order valence-corrected chi connectivity index (χ2v) is 0.641. The summed E-state index contributed by atoms with van der Waals surface area (Å²) in [6.07, 6.45) is 0. The van der Waals surface area contributed by atoms with Gasteiger partial charge in [-0.15, -0.1) is 10.1 Å². The molecule has 0 saturated heterocycles. The lowest BCUT2D eigenvalue weighted by atomic mass is 10.9. The van der Waals surface area contributed by atoms with Crippen molar-refractivity contribution < 1.29 is 15.4 Å². The molecule has 0 amide bonds. The quantitative estimate of drug-likeness (QED) is 0.350. The lowest BCUT2D eigenvalue weighted by Gasteiger charge is -1.83. The first kappa shape index (κ1) is 9.48. The van der Waals surface area contributed by atoms with E-state index in [1.165, 1.54) is 0 Å². The van der Waals surface area contributed by atoms with E-state index in [4.69, 9.17) is 0 Å². The highest BCUT2D eigenvalue weighted by molar-refractivity contribution is 3.95. The first-order valence-electron chi connectivity index (χ1n) is 1.54. The molecule has 0 heterocycles. The lowest BCUT2D eigenvalue weighted by Crippen LogP contribution is -1.97. The summed E-state index contributed by atoms with van der Waals surface area (Å²) in [7, 11) is 0. The highest BCUT2D eigenvalue weighted by Gasteiger charge is 1.83. The van der Waals surface area contributed by atoms with Crippen LogP contribution >= 0.6 is 0 Å². The Morgan fingerprint density at radius 2 is 2.29 bits per heavy atom. The summed E-state index contributed by atoms with van der Waals surface area (Å²) in [5.74, 6) is 0. The summed E-state index contributed by atoms with van der Waals surface area (Å²) >= 11 is 0. The molecule has 7 heavy (non-hydrogen) atoms. The number of nitrogens with zero attached hydrogens (tertiary/aromatic N) is 1. The molecule has 44 valence electrons. The van der Waals surface area contributed by atoms with Crippen LogP contribution in [0.3, 0.4) is 0 Å². The van der Waals surface area contributed by atoms with Crippen LogP contribution in [-0.4, -0.2) is 17.2 Å². The number of hydrogen-bond acceptors (Lipinski definition) is 3. The van der Waals surface area contributed by atoms with Gasteiger partial charge in [0.1, 0.15) is 0 Å². The van der Waals surface area contributed by atoms with Gasteiger partial charge in [-0.3, -0.25) is 0 Å². The van der Waals surface area contributed by atoms with Crippen molar-refractivity contribution in [3.63, 3.8) is 0 Å². The summed E-state index contributed by atoms with van der Waals surface area (Å²) in [6.45, 7) is 1.69. The topological polar surface area (TPSA) is 83.9 Å². The Morgan fingerprint density at radius 3 is 2.29 bits per heavy atom. The third-order valence-corrected chi connectivity index (χ3v) is 0.235. The zero-order valence-electron chi connectivity index (χ0n) is 3.88. The molecule has 0 aliphatic heterocycles. The molecule has 0 radical (unpaired) electrons. The molecule has 0 aliphatic carbocycles. The van der Waals surface area contributed by atoms with Crippen LogP contribution in [0.25, 0.3) is 0 Å². The maximum atomic E-state index is 9.18. The largest absolute Gasteiger partial charge is 0.412 e. The van der Waals surface area contributed by atoms with Gasteiger partial charge in [0, 0.05) is 0 Å².